The minimum Gasteiger partial charge on any atom is -0.395 e. The van der Waals surface area contributed by atoms with Crippen LogP contribution in [0.2, 0.25) is 0 Å². The van der Waals surface area contributed by atoms with Crippen molar-refractivity contribution in [2.45, 2.75) is 6.92 Å². The van der Waals surface area contributed by atoms with E-state index in [0.29, 0.717) is 12.5 Å². The highest BCUT2D eigenvalue weighted by Gasteiger charge is 2.07. The Balaban J connectivity index is 2.38. The summed E-state index contributed by atoms with van der Waals surface area (Å²) >= 11 is 1.58. The summed E-state index contributed by atoms with van der Waals surface area (Å²) in [6.07, 6.45) is 0. The van der Waals surface area contributed by atoms with E-state index in [-0.39, 0.29) is 6.61 Å². The average Bonchev–Trinajstić information content (AvgIpc) is 2.74. The van der Waals surface area contributed by atoms with Gasteiger partial charge in [-0.05, 0) is 18.4 Å². The minimum atomic E-state index is 0.0895. The van der Waals surface area contributed by atoms with Gasteiger partial charge in [-0.25, -0.2) is 4.98 Å². The van der Waals surface area contributed by atoms with Gasteiger partial charge in [-0.1, -0.05) is 0 Å². The largest absolute Gasteiger partial charge is 0.395 e. The van der Waals surface area contributed by atoms with Gasteiger partial charge in [-0.15, -0.1) is 11.3 Å². The van der Waals surface area contributed by atoms with Crippen LogP contribution in [0.1, 0.15) is 6.92 Å². The molecule has 0 saturated heterocycles. The Morgan fingerprint density at radius 2 is 2.25 bits per heavy atom. The Morgan fingerprint density at radius 1 is 1.38 bits per heavy atom. The molecule has 0 aliphatic heterocycles. The van der Waals surface area contributed by atoms with Crippen LogP contribution in [0.15, 0.2) is 11.4 Å². The summed E-state index contributed by atoms with van der Waals surface area (Å²) in [4.78, 5) is 9.70. The first-order chi connectivity index (χ1) is 7.85. The van der Waals surface area contributed by atoms with Crippen LogP contribution in [0.4, 0.5) is 11.8 Å². The summed E-state index contributed by atoms with van der Waals surface area (Å²) in [5.74, 6) is 1.40. The van der Waals surface area contributed by atoms with Gasteiger partial charge in [0.05, 0.1) is 12.0 Å². The SMILES string of the molecule is CCNc1nc(NCCO)c2ccsc2n1. The molecule has 0 aliphatic carbocycles. The van der Waals surface area contributed by atoms with Gasteiger partial charge in [0.15, 0.2) is 0 Å². The lowest BCUT2D eigenvalue weighted by Gasteiger charge is -2.07. The molecule has 0 fully saturated rings. The van der Waals surface area contributed by atoms with Crippen LogP contribution in [0.25, 0.3) is 10.2 Å². The predicted octanol–water partition coefficient (Wildman–Crippen LogP) is 1.53. The van der Waals surface area contributed by atoms with E-state index in [4.69, 9.17) is 5.11 Å². The number of rotatable bonds is 5. The first kappa shape index (κ1) is 11.1. The van der Waals surface area contributed by atoms with Crippen LogP contribution in [-0.4, -0.2) is 34.8 Å². The zero-order chi connectivity index (χ0) is 11.4. The molecule has 2 aromatic rings. The Labute approximate surface area is 97.5 Å². The summed E-state index contributed by atoms with van der Waals surface area (Å²) in [6.45, 7) is 3.37. The highest BCUT2D eigenvalue weighted by molar-refractivity contribution is 7.16. The van der Waals surface area contributed by atoms with Crippen LogP contribution in [0, 0.1) is 0 Å². The Hall–Kier alpha value is -1.40. The number of aliphatic hydroxyl groups is 1. The van der Waals surface area contributed by atoms with Crippen molar-refractivity contribution in [2.24, 2.45) is 0 Å². The van der Waals surface area contributed by atoms with Crippen LogP contribution < -0.4 is 10.6 Å². The third kappa shape index (κ3) is 2.23. The molecule has 2 rings (SSSR count). The molecule has 0 unspecified atom stereocenters. The number of aromatic nitrogens is 2. The maximum Gasteiger partial charge on any atom is 0.226 e. The maximum absolute atomic E-state index is 8.80. The number of aliphatic hydroxyl groups excluding tert-OH is 1. The number of hydrogen-bond donors (Lipinski definition) is 3. The van der Waals surface area contributed by atoms with Gasteiger partial charge in [-0.3, -0.25) is 0 Å². The normalized spacial score (nSPS) is 10.6. The molecule has 3 N–H and O–H groups in total. The van der Waals surface area contributed by atoms with Crippen LogP contribution in [0.3, 0.4) is 0 Å². The predicted molar refractivity (Wildman–Crippen MR) is 67.2 cm³/mol. The highest BCUT2D eigenvalue weighted by atomic mass is 32.1. The van der Waals surface area contributed by atoms with Crippen LogP contribution >= 0.6 is 11.3 Å². The highest BCUT2D eigenvalue weighted by Crippen LogP contribution is 2.26. The third-order valence-corrected chi connectivity index (χ3v) is 2.87. The topological polar surface area (TPSA) is 70.1 Å². The Bertz CT molecular complexity index is 471. The molecule has 2 heterocycles. The van der Waals surface area contributed by atoms with Gasteiger partial charge in [0.2, 0.25) is 5.95 Å². The molecule has 0 spiro atoms. The second-order valence-electron chi connectivity index (χ2n) is 3.22. The number of hydrogen-bond acceptors (Lipinski definition) is 6. The summed E-state index contributed by atoms with van der Waals surface area (Å²) in [6, 6.07) is 1.98. The zero-order valence-electron chi connectivity index (χ0n) is 9.03. The monoisotopic (exact) mass is 238 g/mol. The number of nitrogens with zero attached hydrogens (tertiary/aromatic N) is 2. The van der Waals surface area contributed by atoms with Gasteiger partial charge in [0.1, 0.15) is 10.6 Å². The summed E-state index contributed by atoms with van der Waals surface area (Å²) in [5, 5.41) is 18.0. The van der Waals surface area contributed by atoms with E-state index in [1.165, 1.54) is 0 Å². The van der Waals surface area contributed by atoms with Crippen molar-refractivity contribution in [3.05, 3.63) is 11.4 Å². The first-order valence-electron chi connectivity index (χ1n) is 5.19. The van der Waals surface area contributed by atoms with Gasteiger partial charge in [-0.2, -0.15) is 4.98 Å². The van der Waals surface area contributed by atoms with Crippen LogP contribution in [0.5, 0.6) is 0 Å². The van der Waals surface area contributed by atoms with E-state index < -0.39 is 0 Å². The molecule has 0 aliphatic rings. The average molecular weight is 238 g/mol. The molecule has 16 heavy (non-hydrogen) atoms. The quantitative estimate of drug-likeness (QED) is 0.737. The number of nitrogens with one attached hydrogen (secondary N) is 2. The molecule has 0 saturated carbocycles. The number of anilines is 2. The summed E-state index contributed by atoms with van der Waals surface area (Å²) < 4.78 is 0. The van der Waals surface area contributed by atoms with Crippen LogP contribution in [-0.2, 0) is 0 Å². The van der Waals surface area contributed by atoms with E-state index in [9.17, 15) is 0 Å². The fraction of sp³-hybridized carbons (Fsp3) is 0.400. The second kappa shape index (κ2) is 5.09. The molecule has 2 aromatic heterocycles. The van der Waals surface area contributed by atoms with E-state index >= 15 is 0 Å². The molecule has 6 heteroatoms. The van der Waals surface area contributed by atoms with Crippen molar-refractivity contribution in [2.75, 3.05) is 30.3 Å². The van der Waals surface area contributed by atoms with Gasteiger partial charge in [0.25, 0.3) is 0 Å². The van der Waals surface area contributed by atoms with Crippen molar-refractivity contribution < 1.29 is 5.11 Å². The lowest BCUT2D eigenvalue weighted by molar-refractivity contribution is 0.311. The van der Waals surface area contributed by atoms with Crippen molar-refractivity contribution in [1.82, 2.24) is 9.97 Å². The smallest absolute Gasteiger partial charge is 0.226 e. The molecule has 0 bridgehead atoms. The fourth-order valence-electron chi connectivity index (χ4n) is 1.40. The van der Waals surface area contributed by atoms with Gasteiger partial charge in [0, 0.05) is 13.1 Å². The van der Waals surface area contributed by atoms with E-state index in [1.807, 2.05) is 18.4 Å². The number of fused-ring (bicyclic) bond motifs is 1. The molecule has 0 atom stereocenters. The van der Waals surface area contributed by atoms with Crippen molar-refractivity contribution in [1.29, 1.82) is 0 Å². The molecule has 0 aromatic carbocycles. The Morgan fingerprint density at radius 3 is 3.00 bits per heavy atom. The fourth-order valence-corrected chi connectivity index (χ4v) is 2.17. The number of thiophene rings is 1. The lowest BCUT2D eigenvalue weighted by Crippen LogP contribution is -2.09. The lowest BCUT2D eigenvalue weighted by atomic mass is 10.4. The van der Waals surface area contributed by atoms with Crippen molar-refractivity contribution in [3.63, 3.8) is 0 Å². The Kier molecular flexibility index (Phi) is 3.53. The first-order valence-corrected chi connectivity index (χ1v) is 6.07. The molecular formula is C10H14N4OS. The van der Waals surface area contributed by atoms with Gasteiger partial charge < -0.3 is 15.7 Å². The van der Waals surface area contributed by atoms with Crippen molar-refractivity contribution in [3.8, 4) is 0 Å². The molecule has 0 radical (unpaired) electrons. The van der Waals surface area contributed by atoms with Gasteiger partial charge >= 0.3 is 0 Å². The van der Waals surface area contributed by atoms with E-state index in [0.717, 1.165) is 22.6 Å². The van der Waals surface area contributed by atoms with Crippen molar-refractivity contribution >= 4 is 33.3 Å². The second-order valence-corrected chi connectivity index (χ2v) is 4.11. The minimum absolute atomic E-state index is 0.0895. The summed E-state index contributed by atoms with van der Waals surface area (Å²) in [5.41, 5.74) is 0. The third-order valence-electron chi connectivity index (χ3n) is 2.06. The molecular weight excluding hydrogens is 224 g/mol. The maximum atomic E-state index is 8.80. The molecule has 5 nitrogen and oxygen atoms in total. The summed E-state index contributed by atoms with van der Waals surface area (Å²) in [7, 11) is 0. The zero-order valence-corrected chi connectivity index (χ0v) is 9.84. The molecule has 0 amide bonds. The standard InChI is InChI=1S/C10H14N4OS/c1-2-11-10-13-8(12-4-5-15)7-3-6-16-9(7)14-10/h3,6,15H,2,4-5H2,1H3,(H2,11,12,13,14). The van der Waals surface area contributed by atoms with E-state index in [2.05, 4.69) is 20.6 Å². The van der Waals surface area contributed by atoms with E-state index in [1.54, 1.807) is 11.3 Å². The molecule has 86 valence electrons.